The first-order valence-corrected chi connectivity index (χ1v) is 5.55. The number of rotatable bonds is 7. The summed E-state index contributed by atoms with van der Waals surface area (Å²) in [6.45, 7) is 7.74. The smallest absolute Gasteiger partial charge is 0.325 e. The van der Waals surface area contributed by atoms with E-state index in [0.717, 1.165) is 0 Å². The Morgan fingerprint density at radius 2 is 1.62 bits per heavy atom. The van der Waals surface area contributed by atoms with Gasteiger partial charge in [0.15, 0.2) is 0 Å². The highest BCUT2D eigenvalue weighted by Gasteiger charge is 2.18. The fourth-order valence-electron chi connectivity index (χ4n) is 1.35. The molecule has 5 heteroatoms. The maximum Gasteiger partial charge on any atom is 0.325 e. The van der Waals surface area contributed by atoms with Gasteiger partial charge in [0.25, 0.3) is 0 Å². The fraction of sp³-hybridized carbons (Fsp3) is 0.818. The van der Waals surface area contributed by atoms with Gasteiger partial charge in [0, 0.05) is 24.9 Å². The third kappa shape index (κ3) is 6.40. The molecule has 0 bridgehead atoms. The number of hydroxylamine groups is 2. The molecule has 0 radical (unpaired) electrons. The number of carbonyl (C=O) groups is 2. The van der Waals surface area contributed by atoms with Gasteiger partial charge in [0.1, 0.15) is 0 Å². The van der Waals surface area contributed by atoms with E-state index in [1.54, 1.807) is 5.06 Å². The third-order valence-corrected chi connectivity index (χ3v) is 2.00. The molecule has 0 aromatic carbocycles. The molecule has 0 aliphatic carbocycles. The molecular weight excluding hydrogens is 210 g/mol. The largest absolute Gasteiger partial charge is 0.481 e. The first-order valence-electron chi connectivity index (χ1n) is 5.55. The second-order valence-electron chi connectivity index (χ2n) is 4.26. The van der Waals surface area contributed by atoms with E-state index in [9.17, 15) is 9.59 Å². The summed E-state index contributed by atoms with van der Waals surface area (Å²) in [4.78, 5) is 26.8. The lowest BCUT2D eigenvalue weighted by atomic mass is 10.2. The molecule has 0 aliphatic rings. The maximum absolute atomic E-state index is 11.4. The highest BCUT2D eigenvalue weighted by atomic mass is 16.7. The van der Waals surface area contributed by atoms with Crippen molar-refractivity contribution >= 4 is 11.9 Å². The zero-order valence-corrected chi connectivity index (χ0v) is 10.4. The molecule has 0 aromatic heterocycles. The van der Waals surface area contributed by atoms with Gasteiger partial charge in [-0.3, -0.25) is 9.59 Å². The van der Waals surface area contributed by atoms with Gasteiger partial charge in [0.2, 0.25) is 0 Å². The monoisotopic (exact) mass is 231 g/mol. The van der Waals surface area contributed by atoms with Crippen LogP contribution in [0.1, 0.15) is 47.0 Å². The van der Waals surface area contributed by atoms with Gasteiger partial charge in [-0.2, -0.15) is 0 Å². The number of carbonyl (C=O) groups excluding carboxylic acids is 1. The first-order chi connectivity index (χ1) is 7.34. The molecule has 0 saturated heterocycles. The minimum Gasteiger partial charge on any atom is -0.481 e. The zero-order valence-electron chi connectivity index (χ0n) is 10.4. The van der Waals surface area contributed by atoms with Crippen LogP contribution in [0.2, 0.25) is 0 Å². The predicted molar refractivity (Wildman–Crippen MR) is 59.7 cm³/mol. The molecule has 0 amide bonds. The summed E-state index contributed by atoms with van der Waals surface area (Å²) in [5.74, 6) is -1.26. The van der Waals surface area contributed by atoms with Gasteiger partial charge >= 0.3 is 11.9 Å². The maximum atomic E-state index is 11.4. The summed E-state index contributed by atoms with van der Waals surface area (Å²) in [6.07, 6.45) is 0.457. The van der Waals surface area contributed by atoms with Crippen LogP contribution in [0.5, 0.6) is 0 Å². The molecule has 5 nitrogen and oxygen atoms in total. The Bertz CT molecular complexity index is 230. The molecule has 0 saturated carbocycles. The summed E-state index contributed by atoms with van der Waals surface area (Å²) < 4.78 is 0. The van der Waals surface area contributed by atoms with Crippen LogP contribution < -0.4 is 0 Å². The van der Waals surface area contributed by atoms with Crippen molar-refractivity contribution in [3.8, 4) is 0 Å². The number of hydrogen-bond donors (Lipinski definition) is 1. The molecular formula is C11H21NO4. The molecule has 1 N–H and O–H groups in total. The highest BCUT2D eigenvalue weighted by Crippen LogP contribution is 2.08. The molecule has 16 heavy (non-hydrogen) atoms. The lowest BCUT2D eigenvalue weighted by Gasteiger charge is -2.28. The SMILES string of the molecule is CC(C)N(OC(=O)CCCC(=O)O)C(C)C. The van der Waals surface area contributed by atoms with Gasteiger partial charge in [0.05, 0.1) is 0 Å². The molecule has 0 aromatic rings. The lowest BCUT2D eigenvalue weighted by molar-refractivity contribution is -0.209. The quantitative estimate of drug-likeness (QED) is 0.677. The van der Waals surface area contributed by atoms with Gasteiger partial charge < -0.3 is 9.94 Å². The van der Waals surface area contributed by atoms with Crippen molar-refractivity contribution in [3.63, 3.8) is 0 Å². The van der Waals surface area contributed by atoms with Crippen LogP contribution in [0.3, 0.4) is 0 Å². The van der Waals surface area contributed by atoms with E-state index in [1.807, 2.05) is 27.7 Å². The summed E-state index contributed by atoms with van der Waals surface area (Å²) in [7, 11) is 0. The molecule has 0 rings (SSSR count). The average molecular weight is 231 g/mol. The number of hydrogen-bond acceptors (Lipinski definition) is 4. The average Bonchev–Trinajstić information content (AvgIpc) is 2.12. The minimum atomic E-state index is -0.891. The number of carboxylic acids is 1. The Kier molecular flexibility index (Phi) is 6.72. The normalized spacial score (nSPS) is 11.2. The molecule has 0 heterocycles. The van der Waals surface area contributed by atoms with Crippen molar-refractivity contribution in [1.29, 1.82) is 0 Å². The van der Waals surface area contributed by atoms with E-state index in [4.69, 9.17) is 9.94 Å². The lowest BCUT2D eigenvalue weighted by Crippen LogP contribution is -2.38. The van der Waals surface area contributed by atoms with Crippen molar-refractivity contribution in [2.45, 2.75) is 59.0 Å². The Morgan fingerprint density at radius 1 is 1.12 bits per heavy atom. The van der Waals surface area contributed by atoms with Crippen molar-refractivity contribution in [1.82, 2.24) is 5.06 Å². The van der Waals surface area contributed by atoms with E-state index in [2.05, 4.69) is 0 Å². The predicted octanol–water partition coefficient (Wildman–Crippen LogP) is 1.82. The summed E-state index contributed by atoms with van der Waals surface area (Å²) in [6, 6.07) is 0.229. The summed E-state index contributed by atoms with van der Waals surface area (Å²) in [5, 5.41) is 10.0. The van der Waals surface area contributed by atoms with E-state index in [0.29, 0.717) is 6.42 Å². The van der Waals surface area contributed by atoms with E-state index < -0.39 is 5.97 Å². The van der Waals surface area contributed by atoms with Crippen LogP contribution >= 0.6 is 0 Å². The molecule has 0 unspecified atom stereocenters. The van der Waals surface area contributed by atoms with Gasteiger partial charge in [-0.1, -0.05) is 0 Å². The van der Waals surface area contributed by atoms with Crippen LogP contribution in [-0.4, -0.2) is 34.2 Å². The van der Waals surface area contributed by atoms with Gasteiger partial charge in [-0.05, 0) is 34.1 Å². The molecule has 0 atom stereocenters. The van der Waals surface area contributed by atoms with Crippen molar-refractivity contribution in [3.05, 3.63) is 0 Å². The number of nitrogens with zero attached hydrogens (tertiary/aromatic N) is 1. The van der Waals surface area contributed by atoms with Crippen molar-refractivity contribution in [2.24, 2.45) is 0 Å². The number of carboxylic acid groups (broad SMARTS) is 1. The van der Waals surface area contributed by atoms with Gasteiger partial charge in [-0.25, -0.2) is 0 Å². The molecule has 0 spiro atoms. The zero-order chi connectivity index (χ0) is 12.7. The van der Waals surface area contributed by atoms with Crippen LogP contribution in [0.25, 0.3) is 0 Å². The van der Waals surface area contributed by atoms with Crippen LogP contribution in [-0.2, 0) is 14.4 Å². The topological polar surface area (TPSA) is 66.8 Å². The highest BCUT2D eigenvalue weighted by molar-refractivity contribution is 5.71. The Hall–Kier alpha value is -1.10. The fourth-order valence-corrected chi connectivity index (χ4v) is 1.35. The molecule has 94 valence electrons. The van der Waals surface area contributed by atoms with Crippen molar-refractivity contribution < 1.29 is 19.5 Å². The number of aliphatic carboxylic acids is 1. The standard InChI is InChI=1S/C11H21NO4/c1-8(2)12(9(3)4)16-11(15)7-5-6-10(13)14/h8-9H,5-7H2,1-4H3,(H,13,14). The van der Waals surface area contributed by atoms with Crippen LogP contribution in [0.15, 0.2) is 0 Å². The van der Waals surface area contributed by atoms with E-state index in [-0.39, 0.29) is 30.9 Å². The summed E-state index contributed by atoms with van der Waals surface area (Å²) in [5.41, 5.74) is 0. The van der Waals surface area contributed by atoms with E-state index >= 15 is 0 Å². The Morgan fingerprint density at radius 3 is 2.00 bits per heavy atom. The third-order valence-electron chi connectivity index (χ3n) is 2.00. The Labute approximate surface area is 96.3 Å². The molecule has 0 fully saturated rings. The van der Waals surface area contributed by atoms with Gasteiger partial charge in [-0.15, -0.1) is 5.06 Å². The van der Waals surface area contributed by atoms with Crippen LogP contribution in [0, 0.1) is 0 Å². The minimum absolute atomic E-state index is 0.00153. The Balaban J connectivity index is 3.96. The summed E-state index contributed by atoms with van der Waals surface area (Å²) >= 11 is 0. The second-order valence-corrected chi connectivity index (χ2v) is 4.26. The van der Waals surface area contributed by atoms with Crippen molar-refractivity contribution in [2.75, 3.05) is 0 Å². The van der Waals surface area contributed by atoms with E-state index in [1.165, 1.54) is 0 Å². The second kappa shape index (κ2) is 7.22. The first kappa shape index (κ1) is 14.9. The van der Waals surface area contributed by atoms with Crippen LogP contribution in [0.4, 0.5) is 0 Å². The molecule has 0 aliphatic heterocycles.